The standard InChI is InChI=1S/C20H23N3O2/c1-15(2)16-6-8-17(9-7-16)19(24)22-11-13-23(14-12-22)20(25)18-5-3-4-10-21-18/h3-10,15H,11-14H2,1-2H3. The molecule has 1 saturated heterocycles. The molecule has 2 amide bonds. The molecule has 130 valence electrons. The van der Waals surface area contributed by atoms with E-state index in [0.29, 0.717) is 43.4 Å². The summed E-state index contributed by atoms with van der Waals surface area (Å²) >= 11 is 0. The maximum absolute atomic E-state index is 12.6. The molecular weight excluding hydrogens is 314 g/mol. The first-order chi connectivity index (χ1) is 12.1. The first kappa shape index (κ1) is 17.1. The molecule has 2 aromatic rings. The number of piperazine rings is 1. The van der Waals surface area contributed by atoms with Gasteiger partial charge in [-0.05, 0) is 35.7 Å². The van der Waals surface area contributed by atoms with Crippen molar-refractivity contribution in [3.8, 4) is 0 Å². The molecule has 0 radical (unpaired) electrons. The molecule has 1 aromatic heterocycles. The van der Waals surface area contributed by atoms with E-state index in [0.717, 1.165) is 0 Å². The van der Waals surface area contributed by atoms with E-state index < -0.39 is 0 Å². The smallest absolute Gasteiger partial charge is 0.272 e. The molecule has 5 heteroatoms. The number of pyridine rings is 1. The van der Waals surface area contributed by atoms with E-state index in [2.05, 4.69) is 18.8 Å². The highest BCUT2D eigenvalue weighted by Gasteiger charge is 2.25. The van der Waals surface area contributed by atoms with E-state index in [1.165, 1.54) is 5.56 Å². The van der Waals surface area contributed by atoms with Gasteiger partial charge in [-0.15, -0.1) is 0 Å². The largest absolute Gasteiger partial charge is 0.335 e. The quantitative estimate of drug-likeness (QED) is 0.865. The molecule has 0 N–H and O–H groups in total. The highest BCUT2D eigenvalue weighted by atomic mass is 16.2. The van der Waals surface area contributed by atoms with Gasteiger partial charge >= 0.3 is 0 Å². The highest BCUT2D eigenvalue weighted by molar-refractivity contribution is 5.95. The van der Waals surface area contributed by atoms with E-state index >= 15 is 0 Å². The van der Waals surface area contributed by atoms with E-state index in [4.69, 9.17) is 0 Å². The van der Waals surface area contributed by atoms with E-state index in [1.807, 2.05) is 29.2 Å². The summed E-state index contributed by atoms with van der Waals surface area (Å²) < 4.78 is 0. The Kier molecular flexibility index (Phi) is 5.12. The molecule has 3 rings (SSSR count). The van der Waals surface area contributed by atoms with Gasteiger partial charge in [0.2, 0.25) is 0 Å². The average molecular weight is 337 g/mol. The number of carbonyl (C=O) groups is 2. The Labute approximate surface area is 148 Å². The van der Waals surface area contributed by atoms with Crippen LogP contribution in [0, 0.1) is 0 Å². The van der Waals surface area contributed by atoms with Crippen molar-refractivity contribution >= 4 is 11.8 Å². The van der Waals surface area contributed by atoms with Crippen LogP contribution in [0.2, 0.25) is 0 Å². The zero-order chi connectivity index (χ0) is 17.8. The number of hydrogen-bond acceptors (Lipinski definition) is 3. The molecule has 2 heterocycles. The summed E-state index contributed by atoms with van der Waals surface area (Å²) in [7, 11) is 0. The number of amides is 2. The van der Waals surface area contributed by atoms with Crippen molar-refractivity contribution in [2.75, 3.05) is 26.2 Å². The van der Waals surface area contributed by atoms with Crippen molar-refractivity contribution in [1.82, 2.24) is 14.8 Å². The van der Waals surface area contributed by atoms with Gasteiger partial charge in [-0.1, -0.05) is 32.0 Å². The van der Waals surface area contributed by atoms with Crippen molar-refractivity contribution in [2.45, 2.75) is 19.8 Å². The molecule has 0 aliphatic carbocycles. The monoisotopic (exact) mass is 337 g/mol. The van der Waals surface area contributed by atoms with Crippen LogP contribution in [0.4, 0.5) is 0 Å². The fourth-order valence-electron chi connectivity index (χ4n) is 2.96. The predicted molar refractivity (Wildman–Crippen MR) is 96.6 cm³/mol. The third-order valence-electron chi connectivity index (χ3n) is 4.56. The number of nitrogens with zero attached hydrogens (tertiary/aromatic N) is 3. The maximum atomic E-state index is 12.6. The molecule has 1 fully saturated rings. The number of hydrogen-bond donors (Lipinski definition) is 0. The van der Waals surface area contributed by atoms with Gasteiger partial charge in [0.25, 0.3) is 11.8 Å². The molecule has 0 saturated carbocycles. The first-order valence-corrected chi connectivity index (χ1v) is 8.66. The molecule has 5 nitrogen and oxygen atoms in total. The summed E-state index contributed by atoms with van der Waals surface area (Å²) in [5, 5.41) is 0. The van der Waals surface area contributed by atoms with Gasteiger partial charge in [0.1, 0.15) is 5.69 Å². The number of benzene rings is 1. The third kappa shape index (κ3) is 3.87. The second kappa shape index (κ2) is 7.47. The van der Waals surface area contributed by atoms with Crippen molar-refractivity contribution in [1.29, 1.82) is 0 Å². The number of carbonyl (C=O) groups excluding carboxylic acids is 2. The van der Waals surface area contributed by atoms with E-state index in [1.54, 1.807) is 29.3 Å². The van der Waals surface area contributed by atoms with Crippen LogP contribution in [0.1, 0.15) is 46.2 Å². The first-order valence-electron chi connectivity index (χ1n) is 8.66. The van der Waals surface area contributed by atoms with E-state index in [-0.39, 0.29) is 11.8 Å². The van der Waals surface area contributed by atoms with Crippen molar-refractivity contribution < 1.29 is 9.59 Å². The fraction of sp³-hybridized carbons (Fsp3) is 0.350. The van der Waals surface area contributed by atoms with Gasteiger partial charge in [0.15, 0.2) is 0 Å². The van der Waals surface area contributed by atoms with Gasteiger partial charge in [0.05, 0.1) is 0 Å². The van der Waals surface area contributed by atoms with Crippen LogP contribution in [0.15, 0.2) is 48.7 Å². The second-order valence-electron chi connectivity index (χ2n) is 6.58. The Hall–Kier alpha value is -2.69. The Morgan fingerprint density at radius 2 is 1.48 bits per heavy atom. The zero-order valence-electron chi connectivity index (χ0n) is 14.7. The lowest BCUT2D eigenvalue weighted by Gasteiger charge is -2.34. The molecular formula is C20H23N3O2. The molecule has 0 spiro atoms. The van der Waals surface area contributed by atoms with Crippen LogP contribution in [-0.2, 0) is 0 Å². The van der Waals surface area contributed by atoms with Crippen LogP contribution in [-0.4, -0.2) is 52.8 Å². The second-order valence-corrected chi connectivity index (χ2v) is 6.58. The Balaban J connectivity index is 1.60. The molecule has 1 aliphatic rings. The summed E-state index contributed by atoms with van der Waals surface area (Å²) in [6.45, 7) is 6.42. The van der Waals surface area contributed by atoms with Gasteiger partial charge in [-0.3, -0.25) is 14.6 Å². The minimum absolute atomic E-state index is 0.0280. The topological polar surface area (TPSA) is 53.5 Å². The van der Waals surface area contributed by atoms with Gasteiger partial charge in [-0.25, -0.2) is 0 Å². The van der Waals surface area contributed by atoms with E-state index in [9.17, 15) is 9.59 Å². The lowest BCUT2D eigenvalue weighted by atomic mass is 10.0. The van der Waals surface area contributed by atoms with Crippen LogP contribution < -0.4 is 0 Å². The Morgan fingerprint density at radius 3 is 2.00 bits per heavy atom. The minimum Gasteiger partial charge on any atom is -0.335 e. The van der Waals surface area contributed by atoms with Gasteiger partial charge in [-0.2, -0.15) is 0 Å². The molecule has 1 aromatic carbocycles. The third-order valence-corrected chi connectivity index (χ3v) is 4.56. The summed E-state index contributed by atoms with van der Waals surface area (Å²) in [5.74, 6) is 0.402. The summed E-state index contributed by atoms with van der Waals surface area (Å²) in [6.07, 6.45) is 1.62. The fourth-order valence-corrected chi connectivity index (χ4v) is 2.96. The van der Waals surface area contributed by atoms with Crippen LogP contribution >= 0.6 is 0 Å². The summed E-state index contributed by atoms with van der Waals surface area (Å²) in [6, 6.07) is 13.1. The molecule has 0 unspecified atom stereocenters. The molecule has 0 bridgehead atoms. The summed E-state index contributed by atoms with van der Waals surface area (Å²) in [4.78, 5) is 32.7. The van der Waals surface area contributed by atoms with Crippen molar-refractivity contribution in [3.05, 3.63) is 65.5 Å². The van der Waals surface area contributed by atoms with Crippen LogP contribution in [0.25, 0.3) is 0 Å². The minimum atomic E-state index is -0.0750. The maximum Gasteiger partial charge on any atom is 0.272 e. The van der Waals surface area contributed by atoms with Crippen LogP contribution in [0.5, 0.6) is 0 Å². The Bertz CT molecular complexity index is 733. The van der Waals surface area contributed by atoms with Gasteiger partial charge < -0.3 is 9.80 Å². The molecule has 1 aliphatic heterocycles. The molecule has 25 heavy (non-hydrogen) atoms. The predicted octanol–water partition coefficient (Wildman–Crippen LogP) is 2.80. The van der Waals surface area contributed by atoms with Crippen molar-refractivity contribution in [2.24, 2.45) is 0 Å². The van der Waals surface area contributed by atoms with Crippen molar-refractivity contribution in [3.63, 3.8) is 0 Å². The summed E-state index contributed by atoms with van der Waals surface area (Å²) in [5.41, 5.74) is 2.38. The van der Waals surface area contributed by atoms with Crippen LogP contribution in [0.3, 0.4) is 0 Å². The number of aromatic nitrogens is 1. The normalized spacial score (nSPS) is 14.7. The highest BCUT2D eigenvalue weighted by Crippen LogP contribution is 2.16. The zero-order valence-corrected chi connectivity index (χ0v) is 14.7. The lowest BCUT2D eigenvalue weighted by Crippen LogP contribution is -2.50. The SMILES string of the molecule is CC(C)c1ccc(C(=O)N2CCN(C(=O)c3ccccn3)CC2)cc1. The van der Waals surface area contributed by atoms with Gasteiger partial charge in [0, 0.05) is 37.9 Å². The molecule has 0 atom stereocenters. The Morgan fingerprint density at radius 1 is 0.880 bits per heavy atom. The number of rotatable bonds is 3. The average Bonchev–Trinajstić information content (AvgIpc) is 2.67. The lowest BCUT2D eigenvalue weighted by molar-refractivity contribution is 0.0532.